The van der Waals surface area contributed by atoms with Crippen LogP contribution in [0.5, 0.6) is 0 Å². The van der Waals surface area contributed by atoms with Crippen LogP contribution in [0, 0.1) is 0 Å². The van der Waals surface area contributed by atoms with Crippen molar-refractivity contribution in [3.8, 4) is 0 Å². The van der Waals surface area contributed by atoms with Gasteiger partial charge in [0.2, 0.25) is 0 Å². The second-order valence-corrected chi connectivity index (χ2v) is 2.98. The molecule has 0 radical (unpaired) electrons. The van der Waals surface area contributed by atoms with Gasteiger partial charge in [-0.2, -0.15) is 0 Å². The second kappa shape index (κ2) is 9.84. The average Bonchev–Trinajstić information content (AvgIpc) is 2.30. The van der Waals surface area contributed by atoms with Crippen LogP contribution in [0.2, 0.25) is 0 Å². The molecule has 0 bridgehead atoms. The largest absolute Gasteiger partial charge is 0.269 e. The molecule has 0 heterocycles. The van der Waals surface area contributed by atoms with Gasteiger partial charge in [0, 0.05) is 36.0 Å². The lowest BCUT2D eigenvalue weighted by atomic mass is 10.1. The van der Waals surface area contributed by atoms with Gasteiger partial charge in [-0.3, -0.25) is 9.98 Å². The highest BCUT2D eigenvalue weighted by atomic mass is 14.7. The highest BCUT2D eigenvalue weighted by Crippen LogP contribution is 2.14. The Labute approximate surface area is 98.5 Å². The highest BCUT2D eigenvalue weighted by molar-refractivity contribution is 5.57. The van der Waals surface area contributed by atoms with E-state index in [-0.39, 0.29) is 0 Å². The van der Waals surface area contributed by atoms with Crippen LogP contribution in [0.15, 0.2) is 57.8 Å². The van der Waals surface area contributed by atoms with Crippen molar-refractivity contribution in [2.75, 3.05) is 0 Å². The van der Waals surface area contributed by atoms with Gasteiger partial charge in [0.1, 0.15) is 0 Å². The van der Waals surface area contributed by atoms with E-state index in [4.69, 9.17) is 0 Å². The minimum atomic E-state index is 1.05. The van der Waals surface area contributed by atoms with E-state index >= 15 is 0 Å². The lowest BCUT2D eigenvalue weighted by Gasteiger charge is -2.00. The Bertz CT molecular complexity index is 317. The van der Waals surface area contributed by atoms with Crippen molar-refractivity contribution >= 4 is 12.4 Å². The maximum Gasteiger partial charge on any atom is 0.0342 e. The first-order valence-electron chi connectivity index (χ1n) is 5.41. The lowest BCUT2D eigenvalue weighted by molar-refractivity contribution is 1.40. The first kappa shape index (κ1) is 14.3. The fourth-order valence-electron chi connectivity index (χ4n) is 1.10. The van der Waals surface area contributed by atoms with E-state index in [1.54, 1.807) is 12.4 Å². The Morgan fingerprint density at radius 3 is 1.31 bits per heavy atom. The van der Waals surface area contributed by atoms with Gasteiger partial charge in [0.15, 0.2) is 0 Å². The van der Waals surface area contributed by atoms with E-state index in [1.807, 2.05) is 64.4 Å². The summed E-state index contributed by atoms with van der Waals surface area (Å²) in [6, 6.07) is 0. The molecule has 0 aromatic heterocycles. The normalized spacial score (nSPS) is 15.2. The van der Waals surface area contributed by atoms with Crippen molar-refractivity contribution in [1.29, 1.82) is 0 Å². The summed E-state index contributed by atoms with van der Waals surface area (Å²) in [6.07, 6.45) is 15.2. The van der Waals surface area contributed by atoms with Crippen LogP contribution in [0.3, 0.4) is 0 Å². The summed E-state index contributed by atoms with van der Waals surface area (Å²) >= 11 is 0. The molecule has 0 saturated carbocycles. The molecular weight excluding hydrogens is 196 g/mol. The molecule has 0 aliphatic heterocycles. The zero-order chi connectivity index (χ0) is 12.2. The van der Waals surface area contributed by atoms with E-state index in [2.05, 4.69) is 9.98 Å². The monoisotopic (exact) mass is 216 g/mol. The van der Waals surface area contributed by atoms with Crippen LogP contribution in [-0.4, -0.2) is 12.4 Å². The van der Waals surface area contributed by atoms with Crippen LogP contribution in [-0.2, 0) is 0 Å². The SMILES string of the molecule is CC=N/C=C(/C=C\C)C(\C=C/C)=C\N=CC. The third kappa shape index (κ3) is 5.91. The van der Waals surface area contributed by atoms with Gasteiger partial charge < -0.3 is 0 Å². The number of aliphatic imine (C=N–C) groups is 2. The van der Waals surface area contributed by atoms with Crippen LogP contribution >= 0.6 is 0 Å². The predicted octanol–water partition coefficient (Wildman–Crippen LogP) is 4.09. The Morgan fingerprint density at radius 2 is 1.06 bits per heavy atom. The van der Waals surface area contributed by atoms with Crippen molar-refractivity contribution < 1.29 is 0 Å². The minimum absolute atomic E-state index is 1.05. The van der Waals surface area contributed by atoms with Crippen LogP contribution in [0.1, 0.15) is 27.7 Å². The van der Waals surface area contributed by atoms with Crippen LogP contribution in [0.25, 0.3) is 0 Å². The number of hydrogen-bond donors (Lipinski definition) is 0. The predicted molar refractivity (Wildman–Crippen MR) is 74.1 cm³/mol. The van der Waals surface area contributed by atoms with Crippen molar-refractivity contribution in [3.05, 3.63) is 47.9 Å². The van der Waals surface area contributed by atoms with E-state index < -0.39 is 0 Å². The second-order valence-electron chi connectivity index (χ2n) is 2.98. The molecule has 16 heavy (non-hydrogen) atoms. The minimum Gasteiger partial charge on any atom is -0.269 e. The average molecular weight is 216 g/mol. The zero-order valence-corrected chi connectivity index (χ0v) is 10.5. The molecule has 0 spiro atoms. The number of rotatable bonds is 5. The fraction of sp³-hybridized carbons (Fsp3) is 0.286. The molecule has 0 aliphatic rings. The number of nitrogens with zero attached hydrogens (tertiary/aromatic N) is 2. The van der Waals surface area contributed by atoms with Gasteiger partial charge in [-0.25, -0.2) is 0 Å². The van der Waals surface area contributed by atoms with Crippen LogP contribution in [0.4, 0.5) is 0 Å². The molecule has 0 rings (SSSR count). The molecule has 0 fully saturated rings. The Kier molecular flexibility index (Phi) is 8.79. The molecule has 0 aromatic rings. The summed E-state index contributed by atoms with van der Waals surface area (Å²) in [5.74, 6) is 0. The molecule has 0 amide bonds. The van der Waals surface area contributed by atoms with Crippen molar-refractivity contribution in [3.63, 3.8) is 0 Å². The highest BCUT2D eigenvalue weighted by Gasteiger charge is 1.96. The molecule has 0 N–H and O–H groups in total. The Balaban J connectivity index is 5.25. The third-order valence-corrected chi connectivity index (χ3v) is 1.75. The van der Waals surface area contributed by atoms with E-state index in [9.17, 15) is 0 Å². The number of hydrogen-bond acceptors (Lipinski definition) is 2. The van der Waals surface area contributed by atoms with Gasteiger partial charge in [-0.1, -0.05) is 24.3 Å². The van der Waals surface area contributed by atoms with Crippen molar-refractivity contribution in [2.45, 2.75) is 27.7 Å². The summed E-state index contributed by atoms with van der Waals surface area (Å²) in [5.41, 5.74) is 2.09. The van der Waals surface area contributed by atoms with E-state index in [1.165, 1.54) is 0 Å². The van der Waals surface area contributed by atoms with Crippen molar-refractivity contribution in [1.82, 2.24) is 0 Å². The zero-order valence-electron chi connectivity index (χ0n) is 10.5. The molecule has 0 aromatic carbocycles. The molecule has 0 aliphatic carbocycles. The van der Waals surface area contributed by atoms with E-state index in [0.29, 0.717) is 0 Å². The summed E-state index contributed by atoms with van der Waals surface area (Å²) in [4.78, 5) is 8.27. The standard InChI is InChI=1S/C14H20N2/c1-5-9-13(11-15-7-3)14(10-6-2)12-16-8-4/h5-12H,1-4H3/b9-5-,10-6-,13-11-,14-12+,15-7?,16-8?. The Hall–Kier alpha value is -1.70. The molecular formula is C14H20N2. The summed E-state index contributed by atoms with van der Waals surface area (Å²) in [6.45, 7) is 7.76. The number of allylic oxidation sites excluding steroid dienone is 6. The maximum atomic E-state index is 4.14. The van der Waals surface area contributed by atoms with Gasteiger partial charge in [-0.15, -0.1) is 0 Å². The summed E-state index contributed by atoms with van der Waals surface area (Å²) in [7, 11) is 0. The molecule has 0 unspecified atom stereocenters. The lowest BCUT2D eigenvalue weighted by Crippen LogP contribution is -1.83. The molecule has 2 heteroatoms. The summed E-state index contributed by atoms with van der Waals surface area (Å²) in [5, 5.41) is 0. The molecule has 86 valence electrons. The van der Waals surface area contributed by atoms with Crippen molar-refractivity contribution in [2.24, 2.45) is 9.98 Å². The fourth-order valence-corrected chi connectivity index (χ4v) is 1.10. The van der Waals surface area contributed by atoms with E-state index in [0.717, 1.165) is 11.1 Å². The van der Waals surface area contributed by atoms with Gasteiger partial charge in [-0.05, 0) is 27.7 Å². The Morgan fingerprint density at radius 1 is 0.688 bits per heavy atom. The molecule has 0 atom stereocenters. The third-order valence-electron chi connectivity index (χ3n) is 1.75. The first-order valence-corrected chi connectivity index (χ1v) is 5.41. The maximum absolute atomic E-state index is 4.14. The first-order chi connectivity index (χ1) is 7.79. The topological polar surface area (TPSA) is 24.7 Å². The van der Waals surface area contributed by atoms with Crippen LogP contribution < -0.4 is 0 Å². The summed E-state index contributed by atoms with van der Waals surface area (Å²) < 4.78 is 0. The molecule has 0 saturated heterocycles. The smallest absolute Gasteiger partial charge is 0.0342 e. The quantitative estimate of drug-likeness (QED) is 0.488. The van der Waals surface area contributed by atoms with Gasteiger partial charge in [0.05, 0.1) is 0 Å². The van der Waals surface area contributed by atoms with Gasteiger partial charge >= 0.3 is 0 Å². The van der Waals surface area contributed by atoms with Gasteiger partial charge in [0.25, 0.3) is 0 Å². The molecule has 2 nitrogen and oxygen atoms in total.